The van der Waals surface area contributed by atoms with E-state index in [9.17, 15) is 0 Å². The first-order chi connectivity index (χ1) is 11.1. The lowest BCUT2D eigenvalue weighted by Crippen LogP contribution is -2.41. The molecule has 0 heterocycles. The monoisotopic (exact) mass is 339 g/mol. The van der Waals surface area contributed by atoms with E-state index in [4.69, 9.17) is 26.8 Å². The molecule has 0 saturated heterocycles. The van der Waals surface area contributed by atoms with Crippen LogP contribution in [0.5, 0.6) is 11.5 Å². The predicted octanol–water partition coefficient (Wildman–Crippen LogP) is 3.48. The first-order valence-electron chi connectivity index (χ1n) is 8.19. The van der Waals surface area contributed by atoms with Crippen molar-refractivity contribution in [3.8, 4) is 11.5 Å². The number of hydrogen-bond acceptors (Lipinski definition) is 3. The van der Waals surface area contributed by atoms with Crippen LogP contribution in [0.25, 0.3) is 0 Å². The number of guanidine groups is 1. The molecule has 128 valence electrons. The van der Waals surface area contributed by atoms with Gasteiger partial charge < -0.3 is 20.5 Å². The van der Waals surface area contributed by atoms with Crippen LogP contribution < -0.4 is 20.5 Å². The van der Waals surface area contributed by atoms with Gasteiger partial charge in [-0.1, -0.05) is 30.9 Å². The van der Waals surface area contributed by atoms with E-state index in [-0.39, 0.29) is 0 Å². The van der Waals surface area contributed by atoms with Gasteiger partial charge in [0.15, 0.2) is 17.5 Å². The number of hydrogen-bond donors (Lipinski definition) is 2. The summed E-state index contributed by atoms with van der Waals surface area (Å²) in [5.41, 5.74) is 6.92. The van der Waals surface area contributed by atoms with Crippen molar-refractivity contribution >= 4 is 17.6 Å². The lowest BCUT2D eigenvalue weighted by atomic mass is 9.96. The number of nitrogens with zero attached hydrogens (tertiary/aromatic N) is 1. The van der Waals surface area contributed by atoms with Crippen LogP contribution in [0.4, 0.5) is 0 Å². The van der Waals surface area contributed by atoms with Crippen LogP contribution in [0, 0.1) is 0 Å². The van der Waals surface area contributed by atoms with Crippen LogP contribution in [0.15, 0.2) is 17.1 Å². The van der Waals surface area contributed by atoms with Gasteiger partial charge in [0.25, 0.3) is 0 Å². The molecule has 1 aromatic rings. The average Bonchev–Trinajstić information content (AvgIpc) is 2.56. The zero-order valence-electron chi connectivity index (χ0n) is 13.9. The topological polar surface area (TPSA) is 68.9 Å². The van der Waals surface area contributed by atoms with E-state index in [1.807, 2.05) is 19.1 Å². The second-order valence-electron chi connectivity index (χ2n) is 5.72. The first-order valence-corrected chi connectivity index (χ1v) is 8.57. The van der Waals surface area contributed by atoms with Gasteiger partial charge in [-0.2, -0.15) is 0 Å². The van der Waals surface area contributed by atoms with Crippen molar-refractivity contribution < 1.29 is 9.47 Å². The standard InChI is InChI=1S/C17H26ClN3O2/c1-3-23-16-14(18)9-12(10-15(16)22-2)11-20-17(19)21-13-7-5-4-6-8-13/h9-10,13H,3-8,11H2,1-2H3,(H3,19,20,21). The molecule has 0 radical (unpaired) electrons. The summed E-state index contributed by atoms with van der Waals surface area (Å²) in [5, 5.41) is 3.83. The maximum Gasteiger partial charge on any atom is 0.189 e. The highest BCUT2D eigenvalue weighted by atomic mass is 35.5. The largest absolute Gasteiger partial charge is 0.493 e. The summed E-state index contributed by atoms with van der Waals surface area (Å²) in [6.07, 6.45) is 6.17. The van der Waals surface area contributed by atoms with Crippen molar-refractivity contribution in [3.05, 3.63) is 22.7 Å². The van der Waals surface area contributed by atoms with Crippen molar-refractivity contribution in [1.82, 2.24) is 5.32 Å². The molecule has 2 rings (SSSR count). The zero-order valence-corrected chi connectivity index (χ0v) is 14.7. The molecule has 1 aromatic carbocycles. The van der Waals surface area contributed by atoms with Gasteiger partial charge in [-0.15, -0.1) is 0 Å². The van der Waals surface area contributed by atoms with Gasteiger partial charge in [-0.05, 0) is 37.5 Å². The van der Waals surface area contributed by atoms with Crippen molar-refractivity contribution in [2.75, 3.05) is 13.7 Å². The maximum absolute atomic E-state index is 6.26. The Morgan fingerprint density at radius 2 is 2.09 bits per heavy atom. The average molecular weight is 340 g/mol. The fourth-order valence-corrected chi connectivity index (χ4v) is 3.11. The van der Waals surface area contributed by atoms with Crippen molar-refractivity contribution in [1.29, 1.82) is 0 Å². The van der Waals surface area contributed by atoms with Gasteiger partial charge in [-0.3, -0.25) is 0 Å². The number of nitrogens with one attached hydrogen (secondary N) is 1. The summed E-state index contributed by atoms with van der Waals surface area (Å²) < 4.78 is 10.9. The molecule has 0 spiro atoms. The third kappa shape index (κ3) is 5.20. The Bertz CT molecular complexity index is 543. The number of halogens is 1. The van der Waals surface area contributed by atoms with E-state index in [2.05, 4.69) is 10.3 Å². The zero-order chi connectivity index (χ0) is 16.7. The lowest BCUT2D eigenvalue weighted by Gasteiger charge is -2.23. The van der Waals surface area contributed by atoms with Gasteiger partial charge >= 0.3 is 0 Å². The molecule has 0 amide bonds. The molecule has 0 aliphatic heterocycles. The summed E-state index contributed by atoms with van der Waals surface area (Å²) in [5.74, 6) is 1.67. The molecule has 5 nitrogen and oxygen atoms in total. The molecular formula is C17H26ClN3O2. The fourth-order valence-electron chi connectivity index (χ4n) is 2.83. The highest BCUT2D eigenvalue weighted by Crippen LogP contribution is 2.36. The van der Waals surface area contributed by atoms with Gasteiger partial charge in [0.2, 0.25) is 0 Å². The van der Waals surface area contributed by atoms with Crippen LogP contribution in [0.1, 0.15) is 44.6 Å². The molecule has 6 heteroatoms. The summed E-state index contributed by atoms with van der Waals surface area (Å²) in [4.78, 5) is 4.41. The minimum Gasteiger partial charge on any atom is -0.493 e. The summed E-state index contributed by atoms with van der Waals surface area (Å²) >= 11 is 6.26. The molecule has 0 atom stereocenters. The first kappa shape index (κ1) is 17.7. The quantitative estimate of drug-likeness (QED) is 0.615. The molecule has 0 bridgehead atoms. The third-order valence-electron chi connectivity index (χ3n) is 3.97. The fraction of sp³-hybridized carbons (Fsp3) is 0.588. The van der Waals surface area contributed by atoms with E-state index >= 15 is 0 Å². The van der Waals surface area contributed by atoms with Gasteiger partial charge in [0.05, 0.1) is 25.3 Å². The number of benzene rings is 1. The Labute approximate surface area is 143 Å². The Morgan fingerprint density at radius 3 is 2.74 bits per heavy atom. The number of aliphatic imine (C=N–C) groups is 1. The molecule has 1 fully saturated rings. The van der Waals surface area contributed by atoms with Gasteiger partial charge in [0.1, 0.15) is 0 Å². The Morgan fingerprint density at radius 1 is 1.35 bits per heavy atom. The van der Waals surface area contributed by atoms with Crippen molar-refractivity contribution in [3.63, 3.8) is 0 Å². The predicted molar refractivity (Wildman–Crippen MR) is 94.5 cm³/mol. The van der Waals surface area contributed by atoms with Crippen molar-refractivity contribution in [2.45, 2.75) is 51.6 Å². The SMILES string of the molecule is CCOc1c(Cl)cc(CN=C(N)NC2CCCCC2)cc1OC. The van der Waals surface area contributed by atoms with Crippen LogP contribution in [-0.4, -0.2) is 25.7 Å². The number of nitrogens with two attached hydrogens (primary N) is 1. The molecule has 1 aliphatic rings. The highest BCUT2D eigenvalue weighted by molar-refractivity contribution is 6.32. The van der Waals surface area contributed by atoms with Crippen LogP contribution in [-0.2, 0) is 6.54 Å². The molecule has 0 aromatic heterocycles. The van der Waals surface area contributed by atoms with Gasteiger partial charge in [0, 0.05) is 6.04 Å². The number of rotatable bonds is 6. The Kier molecular flexibility index (Phi) is 6.84. The summed E-state index contributed by atoms with van der Waals surface area (Å²) in [6, 6.07) is 4.17. The van der Waals surface area contributed by atoms with E-state index in [1.54, 1.807) is 7.11 Å². The van der Waals surface area contributed by atoms with Crippen LogP contribution in [0.2, 0.25) is 5.02 Å². The van der Waals surface area contributed by atoms with E-state index in [0.29, 0.717) is 41.7 Å². The van der Waals surface area contributed by atoms with Gasteiger partial charge in [-0.25, -0.2) is 4.99 Å². The number of methoxy groups -OCH3 is 1. The van der Waals surface area contributed by atoms with E-state index < -0.39 is 0 Å². The summed E-state index contributed by atoms with van der Waals surface area (Å²) in [6.45, 7) is 2.89. The van der Waals surface area contributed by atoms with E-state index in [1.165, 1.54) is 32.1 Å². The van der Waals surface area contributed by atoms with Crippen LogP contribution >= 0.6 is 11.6 Å². The highest BCUT2D eigenvalue weighted by Gasteiger charge is 2.14. The second kappa shape index (κ2) is 8.87. The molecule has 3 N–H and O–H groups in total. The minimum atomic E-state index is 0.450. The summed E-state index contributed by atoms with van der Waals surface area (Å²) in [7, 11) is 1.60. The molecule has 23 heavy (non-hydrogen) atoms. The number of ether oxygens (including phenoxy) is 2. The van der Waals surface area contributed by atoms with Crippen molar-refractivity contribution in [2.24, 2.45) is 10.7 Å². The second-order valence-corrected chi connectivity index (χ2v) is 6.13. The Balaban J connectivity index is 2.01. The molecule has 1 aliphatic carbocycles. The smallest absolute Gasteiger partial charge is 0.189 e. The van der Waals surface area contributed by atoms with E-state index in [0.717, 1.165) is 5.56 Å². The lowest BCUT2D eigenvalue weighted by molar-refractivity contribution is 0.311. The normalized spacial score (nSPS) is 16.2. The molecular weight excluding hydrogens is 314 g/mol. The maximum atomic E-state index is 6.26. The molecule has 0 unspecified atom stereocenters. The van der Waals surface area contributed by atoms with Crippen LogP contribution in [0.3, 0.4) is 0 Å². The Hall–Kier alpha value is -1.62. The minimum absolute atomic E-state index is 0.450. The third-order valence-corrected chi connectivity index (χ3v) is 4.25. The molecule has 1 saturated carbocycles.